The Labute approximate surface area is 71.9 Å². The Kier molecular flexibility index (Phi) is 3.08. The van der Waals surface area contributed by atoms with Gasteiger partial charge in [-0.3, -0.25) is 4.79 Å². The van der Waals surface area contributed by atoms with Crippen LogP contribution in [0.4, 0.5) is 5.69 Å². The van der Waals surface area contributed by atoms with E-state index in [2.05, 4.69) is 5.32 Å². The first-order valence-corrected chi connectivity index (χ1v) is 3.81. The number of allylic oxidation sites excluding steroid dienone is 1. The third-order valence-electron chi connectivity index (χ3n) is 1.36. The van der Waals surface area contributed by atoms with Gasteiger partial charge in [-0.15, -0.1) is 0 Å². The van der Waals surface area contributed by atoms with Gasteiger partial charge in [0, 0.05) is 5.69 Å². The Hall–Kier alpha value is -1.57. The Morgan fingerprint density at radius 3 is 2.58 bits per heavy atom. The van der Waals surface area contributed by atoms with Crippen LogP contribution in [-0.2, 0) is 4.79 Å². The molecule has 0 unspecified atom stereocenters. The first-order valence-electron chi connectivity index (χ1n) is 3.81. The Balaban J connectivity index is 2.59. The molecule has 2 nitrogen and oxygen atoms in total. The van der Waals surface area contributed by atoms with E-state index in [0.29, 0.717) is 0 Å². The van der Waals surface area contributed by atoms with Crippen molar-refractivity contribution < 1.29 is 4.79 Å². The average Bonchev–Trinajstić information content (AvgIpc) is 2.06. The molecule has 1 amide bonds. The van der Waals surface area contributed by atoms with E-state index in [9.17, 15) is 4.79 Å². The molecule has 0 heterocycles. The van der Waals surface area contributed by atoms with Crippen LogP contribution in [0.25, 0.3) is 0 Å². The van der Waals surface area contributed by atoms with Crippen molar-refractivity contribution in [2.45, 2.75) is 6.92 Å². The minimum Gasteiger partial charge on any atom is -0.323 e. The quantitative estimate of drug-likeness (QED) is 0.662. The van der Waals surface area contributed by atoms with E-state index in [0.717, 1.165) is 5.69 Å². The number of anilines is 1. The number of rotatable bonds is 2. The zero-order chi connectivity index (χ0) is 8.81. The lowest BCUT2D eigenvalue weighted by atomic mass is 10.3. The maximum Gasteiger partial charge on any atom is 0.248 e. The molecular weight excluding hydrogens is 150 g/mol. The van der Waals surface area contributed by atoms with E-state index < -0.39 is 0 Å². The van der Waals surface area contributed by atoms with Crippen molar-refractivity contribution in [3.63, 3.8) is 0 Å². The van der Waals surface area contributed by atoms with Crippen molar-refractivity contribution in [2.24, 2.45) is 0 Å². The maximum atomic E-state index is 11.0. The Morgan fingerprint density at radius 1 is 1.33 bits per heavy atom. The largest absolute Gasteiger partial charge is 0.323 e. The van der Waals surface area contributed by atoms with Crippen molar-refractivity contribution in [3.8, 4) is 0 Å². The summed E-state index contributed by atoms with van der Waals surface area (Å²) in [5.41, 5.74) is 0.820. The van der Waals surface area contributed by atoms with E-state index in [1.54, 1.807) is 6.08 Å². The fraction of sp³-hybridized carbons (Fsp3) is 0.100. The molecule has 0 spiro atoms. The second-order valence-electron chi connectivity index (χ2n) is 2.36. The van der Waals surface area contributed by atoms with Gasteiger partial charge in [0.25, 0.3) is 0 Å². The molecule has 0 saturated heterocycles. The first-order chi connectivity index (χ1) is 5.83. The Morgan fingerprint density at radius 2 is 2.00 bits per heavy atom. The molecule has 1 N–H and O–H groups in total. The number of hydrogen-bond acceptors (Lipinski definition) is 1. The maximum absolute atomic E-state index is 11.0. The molecule has 0 bridgehead atoms. The molecule has 0 radical (unpaired) electrons. The normalized spacial score (nSPS) is 10.1. The molecule has 0 aromatic heterocycles. The number of nitrogens with one attached hydrogen (secondary N) is 1. The number of para-hydroxylation sites is 1. The van der Waals surface area contributed by atoms with Gasteiger partial charge >= 0.3 is 0 Å². The fourth-order valence-electron chi connectivity index (χ4n) is 0.857. The van der Waals surface area contributed by atoms with Gasteiger partial charge in [0.15, 0.2) is 0 Å². The lowest BCUT2D eigenvalue weighted by Gasteiger charge is -1.99. The van der Waals surface area contributed by atoms with E-state index >= 15 is 0 Å². The van der Waals surface area contributed by atoms with E-state index in [1.165, 1.54) is 6.08 Å². The molecule has 0 atom stereocenters. The molecule has 0 fully saturated rings. The highest BCUT2D eigenvalue weighted by molar-refractivity contribution is 5.99. The van der Waals surface area contributed by atoms with Crippen LogP contribution in [-0.4, -0.2) is 5.91 Å². The summed E-state index contributed by atoms with van der Waals surface area (Å²) in [5.74, 6) is -0.0938. The van der Waals surface area contributed by atoms with Gasteiger partial charge < -0.3 is 5.32 Å². The number of amides is 1. The van der Waals surface area contributed by atoms with Crippen LogP contribution < -0.4 is 5.32 Å². The molecule has 0 aliphatic rings. The highest BCUT2D eigenvalue weighted by atomic mass is 16.1. The van der Waals surface area contributed by atoms with E-state index in [-0.39, 0.29) is 5.91 Å². The van der Waals surface area contributed by atoms with Gasteiger partial charge in [0.2, 0.25) is 5.91 Å². The van der Waals surface area contributed by atoms with E-state index in [4.69, 9.17) is 0 Å². The zero-order valence-electron chi connectivity index (χ0n) is 6.95. The third-order valence-corrected chi connectivity index (χ3v) is 1.36. The smallest absolute Gasteiger partial charge is 0.248 e. The molecule has 0 saturated carbocycles. The second kappa shape index (κ2) is 4.34. The Bertz CT molecular complexity index is 277. The molecule has 62 valence electrons. The molecule has 1 aromatic carbocycles. The number of carbonyl (C=O) groups excluding carboxylic acids is 1. The summed E-state index contributed by atoms with van der Waals surface area (Å²) in [6.07, 6.45) is 3.20. The van der Waals surface area contributed by atoms with Crippen LogP contribution in [0, 0.1) is 0 Å². The van der Waals surface area contributed by atoms with Crippen molar-refractivity contribution in [1.29, 1.82) is 0 Å². The lowest BCUT2D eigenvalue weighted by molar-refractivity contribution is -0.111. The predicted molar refractivity (Wildman–Crippen MR) is 49.9 cm³/mol. The summed E-state index contributed by atoms with van der Waals surface area (Å²) in [6.45, 7) is 1.81. The van der Waals surface area contributed by atoms with Crippen LogP contribution >= 0.6 is 0 Å². The van der Waals surface area contributed by atoms with Crippen molar-refractivity contribution in [2.75, 3.05) is 5.32 Å². The van der Waals surface area contributed by atoms with Crippen molar-refractivity contribution in [1.82, 2.24) is 0 Å². The van der Waals surface area contributed by atoms with Crippen LogP contribution in [0.2, 0.25) is 0 Å². The summed E-state index contributed by atoms with van der Waals surface area (Å²) in [4.78, 5) is 11.0. The van der Waals surface area contributed by atoms with Crippen molar-refractivity contribution >= 4 is 11.6 Å². The summed E-state index contributed by atoms with van der Waals surface area (Å²) in [6, 6.07) is 9.37. The molecule has 0 aliphatic heterocycles. The van der Waals surface area contributed by atoms with Crippen LogP contribution in [0.1, 0.15) is 6.92 Å². The number of hydrogen-bond donors (Lipinski definition) is 1. The molecule has 2 heteroatoms. The highest BCUT2D eigenvalue weighted by Crippen LogP contribution is 2.04. The summed E-state index contributed by atoms with van der Waals surface area (Å²) >= 11 is 0. The molecular formula is C10H11NO. The minimum atomic E-state index is -0.0938. The average molecular weight is 161 g/mol. The van der Waals surface area contributed by atoms with E-state index in [1.807, 2.05) is 37.3 Å². The minimum absolute atomic E-state index is 0.0938. The molecule has 12 heavy (non-hydrogen) atoms. The van der Waals surface area contributed by atoms with Gasteiger partial charge in [-0.05, 0) is 25.1 Å². The topological polar surface area (TPSA) is 29.1 Å². The van der Waals surface area contributed by atoms with Gasteiger partial charge in [-0.25, -0.2) is 0 Å². The standard InChI is InChI=1S/C10H11NO/c1-2-6-10(12)11-9-7-4-3-5-8-9/h2-8H,1H3,(H,11,12)/b6-2+. The molecule has 1 aromatic rings. The number of benzene rings is 1. The van der Waals surface area contributed by atoms with Gasteiger partial charge in [0.1, 0.15) is 0 Å². The number of carbonyl (C=O) groups is 1. The van der Waals surface area contributed by atoms with Gasteiger partial charge in [-0.2, -0.15) is 0 Å². The second-order valence-corrected chi connectivity index (χ2v) is 2.36. The molecule has 0 aliphatic carbocycles. The van der Waals surface area contributed by atoms with Crippen molar-refractivity contribution in [3.05, 3.63) is 42.5 Å². The third kappa shape index (κ3) is 2.58. The van der Waals surface area contributed by atoms with Crippen LogP contribution in [0.3, 0.4) is 0 Å². The fourth-order valence-corrected chi connectivity index (χ4v) is 0.857. The summed E-state index contributed by atoms with van der Waals surface area (Å²) < 4.78 is 0. The lowest BCUT2D eigenvalue weighted by Crippen LogP contribution is -2.06. The van der Waals surface area contributed by atoms with Gasteiger partial charge in [-0.1, -0.05) is 24.3 Å². The monoisotopic (exact) mass is 161 g/mol. The summed E-state index contributed by atoms with van der Waals surface area (Å²) in [5, 5.41) is 2.72. The first kappa shape index (κ1) is 8.53. The SMILES string of the molecule is C/C=C/C(=O)Nc1ccccc1. The van der Waals surface area contributed by atoms with Crippen LogP contribution in [0.5, 0.6) is 0 Å². The van der Waals surface area contributed by atoms with Crippen LogP contribution in [0.15, 0.2) is 42.5 Å². The summed E-state index contributed by atoms with van der Waals surface area (Å²) in [7, 11) is 0. The molecule has 1 rings (SSSR count). The zero-order valence-corrected chi connectivity index (χ0v) is 6.95. The van der Waals surface area contributed by atoms with Gasteiger partial charge in [0.05, 0.1) is 0 Å². The highest BCUT2D eigenvalue weighted by Gasteiger charge is 1.93. The predicted octanol–water partition coefficient (Wildman–Crippen LogP) is 2.20.